The van der Waals surface area contributed by atoms with Gasteiger partial charge in [-0.05, 0) is 31.0 Å². The number of pyridine rings is 1. The van der Waals surface area contributed by atoms with Gasteiger partial charge >= 0.3 is 0 Å². The fraction of sp³-hybridized carbons (Fsp3) is 0.294. The molecule has 3 nitrogen and oxygen atoms in total. The van der Waals surface area contributed by atoms with Gasteiger partial charge in [0, 0.05) is 30.6 Å². The first-order valence-electron chi connectivity index (χ1n) is 7.46. The first kappa shape index (κ1) is 15.9. The highest BCUT2D eigenvalue weighted by molar-refractivity contribution is 7.98. The molecule has 0 saturated carbocycles. The number of carbonyl (C=O) groups excluding carboxylic acids is 1. The van der Waals surface area contributed by atoms with Gasteiger partial charge in [0.05, 0.1) is 10.6 Å². The van der Waals surface area contributed by atoms with Crippen LogP contribution in [0.15, 0.2) is 41.6 Å². The maximum atomic E-state index is 13.6. The number of thioether (sulfide) groups is 1. The van der Waals surface area contributed by atoms with Gasteiger partial charge in [-0.3, -0.25) is 4.79 Å². The van der Waals surface area contributed by atoms with Crippen molar-refractivity contribution in [2.45, 2.75) is 23.6 Å². The van der Waals surface area contributed by atoms with Gasteiger partial charge in [0.2, 0.25) is 0 Å². The van der Waals surface area contributed by atoms with Gasteiger partial charge in [-0.15, -0.1) is 11.8 Å². The van der Waals surface area contributed by atoms with Crippen LogP contribution in [-0.2, 0) is 5.75 Å². The number of hydrogen-bond donors (Lipinski definition) is 0. The van der Waals surface area contributed by atoms with Crippen LogP contribution in [0.5, 0.6) is 0 Å². The van der Waals surface area contributed by atoms with Crippen molar-refractivity contribution in [3.05, 3.63) is 59.3 Å². The van der Waals surface area contributed by atoms with Crippen molar-refractivity contribution < 1.29 is 13.6 Å². The van der Waals surface area contributed by atoms with E-state index in [-0.39, 0.29) is 11.7 Å². The molecule has 0 aliphatic carbocycles. The van der Waals surface area contributed by atoms with E-state index in [1.54, 1.807) is 24.4 Å². The second-order valence-electron chi connectivity index (χ2n) is 5.39. The van der Waals surface area contributed by atoms with Gasteiger partial charge in [0.25, 0.3) is 5.91 Å². The number of aromatic nitrogens is 1. The Bertz CT molecular complexity index is 700. The van der Waals surface area contributed by atoms with E-state index >= 15 is 0 Å². The van der Waals surface area contributed by atoms with Gasteiger partial charge in [0.1, 0.15) is 0 Å². The lowest BCUT2D eigenvalue weighted by molar-refractivity contribution is 0.0792. The lowest BCUT2D eigenvalue weighted by atomic mass is 10.2. The van der Waals surface area contributed by atoms with Crippen LogP contribution in [0.25, 0.3) is 0 Å². The van der Waals surface area contributed by atoms with E-state index in [4.69, 9.17) is 0 Å². The number of rotatable bonds is 4. The van der Waals surface area contributed by atoms with E-state index < -0.39 is 11.6 Å². The molecule has 120 valence electrons. The number of carbonyl (C=O) groups is 1. The highest BCUT2D eigenvalue weighted by Crippen LogP contribution is 2.24. The van der Waals surface area contributed by atoms with Crippen molar-refractivity contribution in [3.63, 3.8) is 0 Å². The summed E-state index contributed by atoms with van der Waals surface area (Å²) in [6, 6.07) is 7.61. The molecule has 3 rings (SSSR count). The highest BCUT2D eigenvalue weighted by atomic mass is 32.2. The van der Waals surface area contributed by atoms with Crippen LogP contribution in [-0.4, -0.2) is 28.9 Å². The van der Waals surface area contributed by atoms with Gasteiger partial charge in [-0.25, -0.2) is 13.8 Å². The monoisotopic (exact) mass is 334 g/mol. The third-order valence-corrected chi connectivity index (χ3v) is 4.78. The first-order valence-corrected chi connectivity index (χ1v) is 8.45. The lowest BCUT2D eigenvalue weighted by Gasteiger charge is -2.14. The molecule has 1 fully saturated rings. The Morgan fingerprint density at radius 1 is 1.17 bits per heavy atom. The predicted molar refractivity (Wildman–Crippen MR) is 85.3 cm³/mol. The van der Waals surface area contributed by atoms with Crippen molar-refractivity contribution in [1.29, 1.82) is 0 Å². The molecule has 0 spiro atoms. The summed E-state index contributed by atoms with van der Waals surface area (Å²) in [6.07, 6.45) is 3.64. The second kappa shape index (κ2) is 7.08. The maximum absolute atomic E-state index is 13.6. The molecule has 0 atom stereocenters. The molecule has 1 amide bonds. The summed E-state index contributed by atoms with van der Waals surface area (Å²) in [5, 5.41) is 0.673. The van der Waals surface area contributed by atoms with Crippen molar-refractivity contribution in [2.24, 2.45) is 0 Å². The molecule has 2 aromatic rings. The van der Waals surface area contributed by atoms with Crippen LogP contribution in [0.1, 0.15) is 28.8 Å². The number of benzene rings is 1. The zero-order chi connectivity index (χ0) is 16.2. The molecule has 0 unspecified atom stereocenters. The predicted octanol–water partition coefficient (Wildman–Crippen LogP) is 3.89. The third kappa shape index (κ3) is 3.69. The minimum absolute atomic E-state index is 0.00252. The van der Waals surface area contributed by atoms with Gasteiger partial charge < -0.3 is 4.90 Å². The average Bonchev–Trinajstić information content (AvgIpc) is 3.10. The number of nitrogens with zero attached hydrogens (tertiary/aromatic N) is 2. The zero-order valence-corrected chi connectivity index (χ0v) is 13.3. The minimum atomic E-state index is -0.845. The van der Waals surface area contributed by atoms with E-state index in [1.807, 2.05) is 4.90 Å². The molecular weight excluding hydrogens is 318 g/mol. The van der Waals surface area contributed by atoms with E-state index in [2.05, 4.69) is 4.98 Å². The Morgan fingerprint density at radius 3 is 2.65 bits per heavy atom. The summed E-state index contributed by atoms with van der Waals surface area (Å²) in [6.45, 7) is 1.60. The molecule has 1 aromatic carbocycles. The summed E-state index contributed by atoms with van der Waals surface area (Å²) in [5.41, 5.74) is 0.863. The molecule has 6 heteroatoms. The Balaban J connectivity index is 1.63. The highest BCUT2D eigenvalue weighted by Gasteiger charge is 2.19. The molecule has 0 N–H and O–H groups in total. The van der Waals surface area contributed by atoms with Gasteiger partial charge in [0.15, 0.2) is 11.6 Å². The van der Waals surface area contributed by atoms with Crippen molar-refractivity contribution in [2.75, 3.05) is 13.1 Å². The Hall–Kier alpha value is -1.95. The van der Waals surface area contributed by atoms with Crippen LogP contribution in [0, 0.1) is 11.6 Å². The first-order chi connectivity index (χ1) is 11.1. The number of halogens is 2. The molecule has 1 aliphatic rings. The molecule has 23 heavy (non-hydrogen) atoms. The summed E-state index contributed by atoms with van der Waals surface area (Å²) in [7, 11) is 0. The summed E-state index contributed by atoms with van der Waals surface area (Å²) in [4.78, 5) is 18.3. The fourth-order valence-electron chi connectivity index (χ4n) is 2.51. The van der Waals surface area contributed by atoms with Crippen LogP contribution < -0.4 is 0 Å². The molecule has 0 bridgehead atoms. The summed E-state index contributed by atoms with van der Waals surface area (Å²) < 4.78 is 26.7. The quantitative estimate of drug-likeness (QED) is 0.796. The topological polar surface area (TPSA) is 33.2 Å². The number of hydrogen-bond acceptors (Lipinski definition) is 3. The molecule has 1 aromatic heterocycles. The van der Waals surface area contributed by atoms with E-state index in [1.165, 1.54) is 17.8 Å². The van der Waals surface area contributed by atoms with Crippen LogP contribution in [0.4, 0.5) is 8.78 Å². The molecule has 2 heterocycles. The van der Waals surface area contributed by atoms with Gasteiger partial charge in [-0.1, -0.05) is 12.1 Å². The normalized spacial score (nSPS) is 14.3. The molecule has 0 radical (unpaired) electrons. The minimum Gasteiger partial charge on any atom is -0.339 e. The molecular formula is C17H16F2N2OS. The van der Waals surface area contributed by atoms with Crippen LogP contribution >= 0.6 is 11.8 Å². The van der Waals surface area contributed by atoms with Crippen molar-refractivity contribution in [1.82, 2.24) is 9.88 Å². The van der Waals surface area contributed by atoms with E-state index in [0.29, 0.717) is 16.2 Å². The van der Waals surface area contributed by atoms with E-state index in [9.17, 15) is 13.6 Å². The number of amides is 1. The Kier molecular flexibility index (Phi) is 4.91. The zero-order valence-electron chi connectivity index (χ0n) is 12.5. The standard InChI is InChI=1S/C17H16F2N2OS/c18-14-5-3-4-13(16(14)19)11-23-15-7-6-12(10-20-15)17(22)21-8-1-2-9-21/h3-7,10H,1-2,8-9,11H2. The Labute approximate surface area is 137 Å². The van der Waals surface area contributed by atoms with Crippen LogP contribution in [0.2, 0.25) is 0 Å². The second-order valence-corrected chi connectivity index (χ2v) is 6.38. The van der Waals surface area contributed by atoms with Crippen molar-refractivity contribution in [3.8, 4) is 0 Å². The maximum Gasteiger partial charge on any atom is 0.255 e. The average molecular weight is 334 g/mol. The third-order valence-electron chi connectivity index (χ3n) is 3.78. The summed E-state index contributed by atoms with van der Waals surface area (Å²) >= 11 is 1.31. The SMILES string of the molecule is O=C(c1ccc(SCc2cccc(F)c2F)nc1)N1CCCC1. The van der Waals surface area contributed by atoms with E-state index in [0.717, 1.165) is 32.0 Å². The largest absolute Gasteiger partial charge is 0.339 e. The van der Waals surface area contributed by atoms with Crippen LogP contribution in [0.3, 0.4) is 0 Å². The molecule has 1 aliphatic heterocycles. The van der Waals surface area contributed by atoms with Crippen molar-refractivity contribution >= 4 is 17.7 Å². The molecule has 1 saturated heterocycles. The Morgan fingerprint density at radius 2 is 1.96 bits per heavy atom. The summed E-state index contributed by atoms with van der Waals surface area (Å²) in [5.74, 6) is -1.37. The number of likely N-dealkylation sites (tertiary alicyclic amines) is 1. The lowest BCUT2D eigenvalue weighted by Crippen LogP contribution is -2.27. The smallest absolute Gasteiger partial charge is 0.255 e. The van der Waals surface area contributed by atoms with Gasteiger partial charge in [-0.2, -0.15) is 0 Å². The fourth-order valence-corrected chi connectivity index (χ4v) is 3.32.